The highest BCUT2D eigenvalue weighted by atomic mass is 16.5. The fourth-order valence-corrected chi connectivity index (χ4v) is 2.23. The van der Waals surface area contributed by atoms with Crippen LogP contribution in [0.1, 0.15) is 12.0 Å². The van der Waals surface area contributed by atoms with Gasteiger partial charge in [0.05, 0.1) is 25.3 Å². The number of benzene rings is 1. The van der Waals surface area contributed by atoms with E-state index in [9.17, 15) is 0 Å². The molecule has 0 amide bonds. The van der Waals surface area contributed by atoms with Gasteiger partial charge in [0.25, 0.3) is 0 Å². The monoisotopic (exact) mass is 246 g/mol. The highest BCUT2D eigenvalue weighted by molar-refractivity contribution is 5.46. The van der Waals surface area contributed by atoms with Gasteiger partial charge in [-0.25, -0.2) is 0 Å². The van der Waals surface area contributed by atoms with Gasteiger partial charge in [0, 0.05) is 18.5 Å². The van der Waals surface area contributed by atoms with Gasteiger partial charge in [0.2, 0.25) is 0 Å². The smallest absolute Gasteiger partial charge is 0.162 e. The molecule has 0 aliphatic carbocycles. The summed E-state index contributed by atoms with van der Waals surface area (Å²) in [5.74, 6) is 1.90. The van der Waals surface area contributed by atoms with Gasteiger partial charge in [-0.05, 0) is 32.1 Å². The van der Waals surface area contributed by atoms with E-state index in [1.807, 2.05) is 0 Å². The van der Waals surface area contributed by atoms with Gasteiger partial charge in [-0.3, -0.25) is 0 Å². The normalized spacial score (nSPS) is 19.5. The van der Waals surface area contributed by atoms with Gasteiger partial charge >= 0.3 is 0 Å². The van der Waals surface area contributed by atoms with Crippen LogP contribution in [-0.4, -0.2) is 38.8 Å². The largest absolute Gasteiger partial charge is 0.493 e. The first-order chi connectivity index (χ1) is 8.72. The molecule has 1 aliphatic heterocycles. The van der Waals surface area contributed by atoms with Crippen molar-refractivity contribution in [3.63, 3.8) is 0 Å². The number of hydrogen-bond acceptors (Lipinski definition) is 4. The molecule has 96 valence electrons. The van der Waals surface area contributed by atoms with Crippen LogP contribution in [0.2, 0.25) is 0 Å². The molecule has 1 fully saturated rings. The summed E-state index contributed by atoms with van der Waals surface area (Å²) in [5, 5.41) is 8.89. The summed E-state index contributed by atoms with van der Waals surface area (Å²) in [6.45, 7) is 2.87. The summed E-state index contributed by atoms with van der Waals surface area (Å²) in [6.07, 6.45) is 1.16. The lowest BCUT2D eigenvalue weighted by Crippen LogP contribution is -2.18. The van der Waals surface area contributed by atoms with Gasteiger partial charge in [-0.15, -0.1) is 0 Å². The molecule has 0 spiro atoms. The van der Waals surface area contributed by atoms with Crippen LogP contribution in [0.5, 0.6) is 11.5 Å². The second-order valence-corrected chi connectivity index (χ2v) is 4.71. The Hall–Kier alpha value is -1.73. The maximum atomic E-state index is 8.89. The third-order valence-electron chi connectivity index (χ3n) is 3.26. The molecule has 0 radical (unpaired) electrons. The molecular weight excluding hydrogens is 228 g/mol. The highest BCUT2D eigenvalue weighted by Gasteiger charge is 2.20. The van der Waals surface area contributed by atoms with Crippen molar-refractivity contribution in [2.75, 3.05) is 33.9 Å². The molecule has 1 unspecified atom stereocenters. The molecule has 18 heavy (non-hydrogen) atoms. The molecule has 0 saturated carbocycles. The molecule has 0 N–H and O–H groups in total. The van der Waals surface area contributed by atoms with Crippen molar-refractivity contribution in [3.05, 3.63) is 23.8 Å². The SMILES string of the molecule is COc1ccc(C#N)cc1OCC1CCN(C)C1. The van der Waals surface area contributed by atoms with E-state index in [-0.39, 0.29) is 0 Å². The Labute approximate surface area is 108 Å². The standard InChI is InChI=1S/C14H18N2O2/c1-16-6-5-12(9-16)10-18-14-7-11(8-15)3-4-13(14)17-2/h3-4,7,12H,5-6,9-10H2,1-2H3. The second kappa shape index (κ2) is 5.74. The summed E-state index contributed by atoms with van der Waals surface area (Å²) < 4.78 is 11.0. The van der Waals surface area contributed by atoms with E-state index in [4.69, 9.17) is 14.7 Å². The number of hydrogen-bond donors (Lipinski definition) is 0. The van der Waals surface area contributed by atoms with Crippen LogP contribution in [0.15, 0.2) is 18.2 Å². The van der Waals surface area contributed by atoms with Crippen LogP contribution in [0.25, 0.3) is 0 Å². The van der Waals surface area contributed by atoms with Crippen LogP contribution in [0.3, 0.4) is 0 Å². The van der Waals surface area contributed by atoms with Crippen molar-refractivity contribution in [3.8, 4) is 17.6 Å². The fourth-order valence-electron chi connectivity index (χ4n) is 2.23. The topological polar surface area (TPSA) is 45.5 Å². The summed E-state index contributed by atoms with van der Waals surface area (Å²) in [6, 6.07) is 7.35. The van der Waals surface area contributed by atoms with E-state index in [2.05, 4.69) is 18.0 Å². The Morgan fingerprint density at radius 1 is 1.44 bits per heavy atom. The molecule has 1 atom stereocenters. The Kier molecular flexibility index (Phi) is 4.06. The Morgan fingerprint density at radius 2 is 2.28 bits per heavy atom. The zero-order chi connectivity index (χ0) is 13.0. The molecule has 2 rings (SSSR count). The predicted octanol–water partition coefficient (Wildman–Crippen LogP) is 1.90. The lowest BCUT2D eigenvalue weighted by molar-refractivity contribution is 0.238. The van der Waals surface area contributed by atoms with Crippen LogP contribution < -0.4 is 9.47 Å². The summed E-state index contributed by atoms with van der Waals surface area (Å²) in [4.78, 5) is 2.30. The van der Waals surface area contributed by atoms with Crippen molar-refractivity contribution in [2.24, 2.45) is 5.92 Å². The van der Waals surface area contributed by atoms with Gasteiger partial charge < -0.3 is 14.4 Å². The van der Waals surface area contributed by atoms with E-state index in [1.54, 1.807) is 25.3 Å². The van der Waals surface area contributed by atoms with E-state index in [0.29, 0.717) is 29.6 Å². The number of ether oxygens (including phenoxy) is 2. The van der Waals surface area contributed by atoms with Crippen molar-refractivity contribution in [1.29, 1.82) is 5.26 Å². The van der Waals surface area contributed by atoms with Crippen molar-refractivity contribution >= 4 is 0 Å². The zero-order valence-corrected chi connectivity index (χ0v) is 10.8. The minimum atomic E-state index is 0.561. The molecule has 1 aromatic rings. The molecule has 4 heteroatoms. The van der Waals surface area contributed by atoms with Crippen molar-refractivity contribution in [1.82, 2.24) is 4.90 Å². The number of nitriles is 1. The number of nitrogens with zero attached hydrogens (tertiary/aromatic N) is 2. The Balaban J connectivity index is 2.01. The van der Waals surface area contributed by atoms with Crippen molar-refractivity contribution in [2.45, 2.75) is 6.42 Å². The lowest BCUT2D eigenvalue weighted by Gasteiger charge is -2.14. The van der Waals surface area contributed by atoms with Crippen LogP contribution in [0, 0.1) is 17.2 Å². The average Bonchev–Trinajstić information content (AvgIpc) is 2.81. The third-order valence-corrected chi connectivity index (χ3v) is 3.26. The first-order valence-electron chi connectivity index (χ1n) is 6.12. The van der Waals surface area contributed by atoms with Crippen molar-refractivity contribution < 1.29 is 9.47 Å². The number of likely N-dealkylation sites (tertiary alicyclic amines) is 1. The van der Waals surface area contributed by atoms with Gasteiger partial charge in [0.15, 0.2) is 11.5 Å². The Bertz CT molecular complexity index is 454. The van der Waals surface area contributed by atoms with E-state index in [0.717, 1.165) is 19.5 Å². The first-order valence-corrected chi connectivity index (χ1v) is 6.12. The van der Waals surface area contributed by atoms with Crippen LogP contribution in [-0.2, 0) is 0 Å². The maximum Gasteiger partial charge on any atom is 0.162 e. The quantitative estimate of drug-likeness (QED) is 0.814. The summed E-state index contributed by atoms with van der Waals surface area (Å²) in [5.41, 5.74) is 0.592. The molecule has 1 heterocycles. The Morgan fingerprint density at radius 3 is 2.89 bits per heavy atom. The molecule has 0 aromatic heterocycles. The van der Waals surface area contributed by atoms with Crippen LogP contribution >= 0.6 is 0 Å². The van der Waals surface area contributed by atoms with Gasteiger partial charge in [-0.1, -0.05) is 0 Å². The first kappa shape index (κ1) is 12.7. The molecule has 1 aliphatic rings. The minimum absolute atomic E-state index is 0.561. The molecule has 0 bridgehead atoms. The molecular formula is C14H18N2O2. The van der Waals surface area contributed by atoms with Gasteiger partial charge in [-0.2, -0.15) is 5.26 Å². The molecule has 1 saturated heterocycles. The van der Waals surface area contributed by atoms with E-state index in [1.165, 1.54) is 0 Å². The summed E-state index contributed by atoms with van der Waals surface area (Å²) in [7, 11) is 3.73. The fraction of sp³-hybridized carbons (Fsp3) is 0.500. The summed E-state index contributed by atoms with van der Waals surface area (Å²) >= 11 is 0. The number of methoxy groups -OCH3 is 1. The highest BCUT2D eigenvalue weighted by Crippen LogP contribution is 2.29. The molecule has 1 aromatic carbocycles. The predicted molar refractivity (Wildman–Crippen MR) is 68.8 cm³/mol. The van der Waals surface area contributed by atoms with Crippen LogP contribution in [0.4, 0.5) is 0 Å². The third kappa shape index (κ3) is 2.93. The molecule has 4 nitrogen and oxygen atoms in total. The van der Waals surface area contributed by atoms with E-state index >= 15 is 0 Å². The average molecular weight is 246 g/mol. The zero-order valence-electron chi connectivity index (χ0n) is 10.8. The lowest BCUT2D eigenvalue weighted by atomic mass is 10.1. The maximum absolute atomic E-state index is 8.89. The van der Waals surface area contributed by atoms with Gasteiger partial charge in [0.1, 0.15) is 0 Å². The second-order valence-electron chi connectivity index (χ2n) is 4.71. The van der Waals surface area contributed by atoms with E-state index < -0.39 is 0 Å². The number of rotatable bonds is 4. The minimum Gasteiger partial charge on any atom is -0.493 e.